The molecule has 0 fully saturated rings. The molecular formula is C17H13ClN2O4S. The Morgan fingerprint density at radius 1 is 1.16 bits per heavy atom. The van der Waals surface area contributed by atoms with Gasteiger partial charge in [-0.1, -0.05) is 29.8 Å². The van der Waals surface area contributed by atoms with Crippen LogP contribution in [0.4, 0.5) is 0 Å². The van der Waals surface area contributed by atoms with E-state index in [2.05, 4.69) is 5.10 Å². The lowest BCUT2D eigenvalue weighted by Gasteiger charge is -2.02. The number of carbonyl (C=O) groups is 1. The SMILES string of the molecule is CS(=O)(=O)c1ccc(-c2nn(-c3cccc(Cl)c3)cc2C(=O)O)cc1. The standard InChI is InChI=1S/C17H13ClN2O4S/c1-25(23,24)14-7-5-11(6-8-14)16-15(17(21)22)10-20(19-16)13-4-2-3-12(18)9-13/h2-10H,1H3,(H,21,22). The van der Waals surface area contributed by atoms with Crippen molar-refractivity contribution in [1.82, 2.24) is 9.78 Å². The molecule has 0 unspecified atom stereocenters. The Kier molecular flexibility index (Phi) is 4.36. The molecule has 0 spiro atoms. The fourth-order valence-electron chi connectivity index (χ4n) is 2.35. The summed E-state index contributed by atoms with van der Waals surface area (Å²) in [7, 11) is -3.33. The highest BCUT2D eigenvalue weighted by Crippen LogP contribution is 2.26. The molecular weight excluding hydrogens is 364 g/mol. The van der Waals surface area contributed by atoms with Gasteiger partial charge in [-0.2, -0.15) is 5.10 Å². The van der Waals surface area contributed by atoms with E-state index in [-0.39, 0.29) is 16.2 Å². The summed E-state index contributed by atoms with van der Waals surface area (Å²) in [6, 6.07) is 12.8. The fraction of sp³-hybridized carbons (Fsp3) is 0.0588. The number of benzene rings is 2. The van der Waals surface area contributed by atoms with Crippen LogP contribution in [0.25, 0.3) is 16.9 Å². The molecule has 0 aliphatic carbocycles. The molecule has 1 N–H and O–H groups in total. The van der Waals surface area contributed by atoms with Crippen molar-refractivity contribution in [2.45, 2.75) is 4.90 Å². The van der Waals surface area contributed by atoms with Crippen LogP contribution in [-0.4, -0.2) is 35.5 Å². The lowest BCUT2D eigenvalue weighted by molar-refractivity contribution is 0.0697. The minimum atomic E-state index is -3.33. The summed E-state index contributed by atoms with van der Waals surface area (Å²) >= 11 is 5.97. The molecule has 2 aromatic carbocycles. The number of halogens is 1. The molecule has 0 aliphatic heterocycles. The van der Waals surface area contributed by atoms with Crippen LogP contribution in [0.1, 0.15) is 10.4 Å². The zero-order valence-corrected chi connectivity index (χ0v) is 14.6. The van der Waals surface area contributed by atoms with Gasteiger partial charge in [-0.05, 0) is 30.3 Å². The lowest BCUT2D eigenvalue weighted by Crippen LogP contribution is -1.98. The first-order valence-electron chi connectivity index (χ1n) is 7.15. The third-order valence-corrected chi connectivity index (χ3v) is 4.94. The Morgan fingerprint density at radius 3 is 2.40 bits per heavy atom. The van der Waals surface area contributed by atoms with Crippen LogP contribution in [0.5, 0.6) is 0 Å². The number of rotatable bonds is 4. The number of hydrogen-bond donors (Lipinski definition) is 1. The van der Waals surface area contributed by atoms with Crippen LogP contribution in [-0.2, 0) is 9.84 Å². The maximum absolute atomic E-state index is 11.6. The van der Waals surface area contributed by atoms with E-state index in [9.17, 15) is 18.3 Å². The van der Waals surface area contributed by atoms with Gasteiger partial charge in [-0.15, -0.1) is 0 Å². The summed E-state index contributed by atoms with van der Waals surface area (Å²) < 4.78 is 24.5. The highest BCUT2D eigenvalue weighted by molar-refractivity contribution is 7.90. The molecule has 0 amide bonds. The first-order chi connectivity index (χ1) is 11.8. The van der Waals surface area contributed by atoms with E-state index in [1.165, 1.54) is 35.1 Å². The number of carboxylic acid groups (broad SMARTS) is 1. The minimum Gasteiger partial charge on any atom is -0.478 e. The van der Waals surface area contributed by atoms with Gasteiger partial charge >= 0.3 is 5.97 Å². The van der Waals surface area contributed by atoms with E-state index in [0.717, 1.165) is 6.26 Å². The Morgan fingerprint density at radius 2 is 1.84 bits per heavy atom. The van der Waals surface area contributed by atoms with Crippen molar-refractivity contribution in [3.05, 3.63) is 65.3 Å². The van der Waals surface area contributed by atoms with Crippen molar-refractivity contribution in [1.29, 1.82) is 0 Å². The molecule has 3 rings (SSSR count). The Labute approximate surface area is 149 Å². The van der Waals surface area contributed by atoms with Gasteiger partial charge in [0.1, 0.15) is 11.3 Å². The number of sulfone groups is 1. The number of aromatic nitrogens is 2. The smallest absolute Gasteiger partial charge is 0.339 e. The van der Waals surface area contributed by atoms with Gasteiger partial charge in [0.2, 0.25) is 0 Å². The molecule has 3 aromatic rings. The van der Waals surface area contributed by atoms with Crippen molar-refractivity contribution in [3.8, 4) is 16.9 Å². The van der Waals surface area contributed by atoms with Gasteiger partial charge in [0.25, 0.3) is 0 Å². The number of hydrogen-bond acceptors (Lipinski definition) is 4. The van der Waals surface area contributed by atoms with Crippen molar-refractivity contribution < 1.29 is 18.3 Å². The first-order valence-corrected chi connectivity index (χ1v) is 9.42. The summed E-state index contributed by atoms with van der Waals surface area (Å²) in [6.07, 6.45) is 2.51. The highest BCUT2D eigenvalue weighted by atomic mass is 35.5. The molecule has 0 aliphatic rings. The summed E-state index contributed by atoms with van der Waals surface area (Å²) in [5, 5.41) is 14.3. The summed E-state index contributed by atoms with van der Waals surface area (Å²) in [5.74, 6) is -1.13. The number of aromatic carboxylic acids is 1. The molecule has 0 saturated carbocycles. The molecule has 0 bridgehead atoms. The average molecular weight is 377 g/mol. The molecule has 1 heterocycles. The normalized spacial score (nSPS) is 11.4. The van der Waals surface area contributed by atoms with E-state index in [1.807, 2.05) is 0 Å². The molecule has 128 valence electrons. The summed E-state index contributed by atoms with van der Waals surface area (Å²) in [4.78, 5) is 11.7. The molecule has 0 atom stereocenters. The Bertz CT molecular complexity index is 1060. The monoisotopic (exact) mass is 376 g/mol. The van der Waals surface area contributed by atoms with Crippen LogP contribution in [0, 0.1) is 0 Å². The quantitative estimate of drug-likeness (QED) is 0.754. The van der Waals surface area contributed by atoms with Crippen LogP contribution >= 0.6 is 11.6 Å². The third-order valence-electron chi connectivity index (χ3n) is 3.57. The molecule has 0 radical (unpaired) electrons. The predicted molar refractivity (Wildman–Crippen MR) is 94.1 cm³/mol. The van der Waals surface area contributed by atoms with Crippen molar-refractivity contribution in [3.63, 3.8) is 0 Å². The summed E-state index contributed by atoms with van der Waals surface area (Å²) in [5.41, 5.74) is 1.37. The number of carboxylic acids is 1. The van der Waals surface area contributed by atoms with Gasteiger partial charge in [-0.25, -0.2) is 17.9 Å². The molecule has 0 saturated heterocycles. The van der Waals surface area contributed by atoms with E-state index >= 15 is 0 Å². The Hall–Kier alpha value is -2.64. The fourth-order valence-corrected chi connectivity index (χ4v) is 3.17. The second-order valence-corrected chi connectivity index (χ2v) is 7.87. The summed E-state index contributed by atoms with van der Waals surface area (Å²) in [6.45, 7) is 0. The van der Waals surface area contributed by atoms with E-state index in [0.29, 0.717) is 16.3 Å². The maximum Gasteiger partial charge on any atom is 0.339 e. The van der Waals surface area contributed by atoms with Gasteiger partial charge in [0.15, 0.2) is 9.84 Å². The zero-order chi connectivity index (χ0) is 18.2. The van der Waals surface area contributed by atoms with Gasteiger partial charge < -0.3 is 5.11 Å². The zero-order valence-electron chi connectivity index (χ0n) is 13.0. The topological polar surface area (TPSA) is 89.3 Å². The second kappa shape index (κ2) is 6.34. The minimum absolute atomic E-state index is 0.00656. The van der Waals surface area contributed by atoms with E-state index < -0.39 is 15.8 Å². The van der Waals surface area contributed by atoms with Crippen LogP contribution < -0.4 is 0 Å². The molecule has 25 heavy (non-hydrogen) atoms. The van der Waals surface area contributed by atoms with Crippen molar-refractivity contribution in [2.24, 2.45) is 0 Å². The van der Waals surface area contributed by atoms with Crippen LogP contribution in [0.3, 0.4) is 0 Å². The van der Waals surface area contributed by atoms with Gasteiger partial charge in [-0.3, -0.25) is 0 Å². The second-order valence-electron chi connectivity index (χ2n) is 5.42. The molecule has 6 nitrogen and oxygen atoms in total. The maximum atomic E-state index is 11.6. The van der Waals surface area contributed by atoms with E-state index in [1.54, 1.807) is 24.3 Å². The Balaban J connectivity index is 2.11. The predicted octanol–water partition coefficient (Wildman–Crippen LogP) is 3.29. The van der Waals surface area contributed by atoms with Crippen LogP contribution in [0.2, 0.25) is 5.02 Å². The van der Waals surface area contributed by atoms with Gasteiger partial charge in [0, 0.05) is 23.0 Å². The highest BCUT2D eigenvalue weighted by Gasteiger charge is 2.18. The largest absolute Gasteiger partial charge is 0.478 e. The van der Waals surface area contributed by atoms with Crippen molar-refractivity contribution >= 4 is 27.4 Å². The average Bonchev–Trinajstić information content (AvgIpc) is 3.00. The van der Waals surface area contributed by atoms with Crippen molar-refractivity contribution in [2.75, 3.05) is 6.26 Å². The van der Waals surface area contributed by atoms with E-state index in [4.69, 9.17) is 11.6 Å². The van der Waals surface area contributed by atoms with Crippen LogP contribution in [0.15, 0.2) is 59.6 Å². The molecule has 8 heteroatoms. The third kappa shape index (κ3) is 3.57. The first kappa shape index (κ1) is 17.2. The van der Waals surface area contributed by atoms with Gasteiger partial charge in [0.05, 0.1) is 10.6 Å². The molecule has 1 aromatic heterocycles. The lowest BCUT2D eigenvalue weighted by atomic mass is 10.1. The number of nitrogens with zero attached hydrogens (tertiary/aromatic N) is 2.